The molecule has 1 heterocycles. The average Bonchev–Trinajstić information content (AvgIpc) is 2.52. The molecule has 0 amide bonds. The van der Waals surface area contributed by atoms with Crippen LogP contribution < -0.4 is 5.32 Å². The minimum absolute atomic E-state index is 0.143. The Hall–Kier alpha value is -1.42. The van der Waals surface area contributed by atoms with Gasteiger partial charge in [0.1, 0.15) is 5.82 Å². The van der Waals surface area contributed by atoms with Gasteiger partial charge >= 0.3 is 5.97 Å². The molecule has 4 heteroatoms. The van der Waals surface area contributed by atoms with Crippen LogP contribution in [-0.2, 0) is 28.9 Å². The van der Waals surface area contributed by atoms with Crippen LogP contribution in [0.2, 0.25) is 0 Å². The largest absolute Gasteiger partial charge is 0.466 e. The first-order valence-electron chi connectivity index (χ1n) is 7.80. The third-order valence-corrected chi connectivity index (χ3v) is 3.50. The van der Waals surface area contributed by atoms with E-state index in [9.17, 15) is 9.18 Å². The van der Waals surface area contributed by atoms with Gasteiger partial charge in [0.05, 0.1) is 12.5 Å². The second kappa shape index (κ2) is 8.78. The van der Waals surface area contributed by atoms with Crippen LogP contribution in [-0.4, -0.2) is 19.1 Å². The van der Waals surface area contributed by atoms with E-state index in [1.54, 1.807) is 19.9 Å². The number of ether oxygens (including phenoxy) is 1. The van der Waals surface area contributed by atoms with E-state index in [0.29, 0.717) is 25.0 Å². The zero-order valence-electron chi connectivity index (χ0n) is 13.5. The first-order valence-corrected chi connectivity index (χ1v) is 7.80. The molecule has 0 aliphatic carbocycles. The standard InChI is InChI=1S/C15H20FNO2.C2H6/c1-3-19-15(18)10(2)8-11-4-5-12-9-17-7-6-13(12)14(11)16;1-2/h4-5,10,17H,3,6-9H2,1-2H3;1-2H3. The van der Waals surface area contributed by atoms with Gasteiger partial charge in [0, 0.05) is 6.54 Å². The highest BCUT2D eigenvalue weighted by molar-refractivity contribution is 5.72. The fourth-order valence-corrected chi connectivity index (χ4v) is 2.44. The maximum absolute atomic E-state index is 14.4. The van der Waals surface area contributed by atoms with Gasteiger partial charge in [0.2, 0.25) is 0 Å². The Morgan fingerprint density at radius 1 is 1.43 bits per heavy atom. The normalized spacial score (nSPS) is 14.5. The van der Waals surface area contributed by atoms with Crippen LogP contribution in [0.25, 0.3) is 0 Å². The quantitative estimate of drug-likeness (QED) is 0.867. The van der Waals surface area contributed by atoms with E-state index in [0.717, 1.165) is 24.2 Å². The first-order chi connectivity index (χ1) is 10.1. The van der Waals surface area contributed by atoms with Gasteiger partial charge in [-0.1, -0.05) is 32.9 Å². The van der Waals surface area contributed by atoms with E-state index in [1.807, 2.05) is 19.9 Å². The lowest BCUT2D eigenvalue weighted by Crippen LogP contribution is -2.25. The topological polar surface area (TPSA) is 38.3 Å². The van der Waals surface area contributed by atoms with Crippen molar-refractivity contribution >= 4 is 5.97 Å². The molecule has 0 radical (unpaired) electrons. The van der Waals surface area contributed by atoms with Crippen LogP contribution in [0.1, 0.15) is 44.4 Å². The molecule has 1 N–H and O–H groups in total. The van der Waals surface area contributed by atoms with Crippen molar-refractivity contribution in [3.8, 4) is 0 Å². The van der Waals surface area contributed by atoms with Gasteiger partial charge in [-0.15, -0.1) is 0 Å². The first kappa shape index (κ1) is 17.6. The molecule has 1 aliphatic heterocycles. The van der Waals surface area contributed by atoms with Gasteiger partial charge < -0.3 is 10.1 Å². The fraction of sp³-hybridized carbons (Fsp3) is 0.588. The van der Waals surface area contributed by atoms with Crippen LogP contribution in [0.15, 0.2) is 12.1 Å². The number of halogens is 1. The number of nitrogens with one attached hydrogen (secondary N) is 1. The summed E-state index contributed by atoms with van der Waals surface area (Å²) in [6, 6.07) is 3.74. The maximum atomic E-state index is 14.4. The number of carbonyl (C=O) groups excluding carboxylic acids is 1. The molecule has 1 aromatic rings. The lowest BCUT2D eigenvalue weighted by atomic mass is 9.93. The van der Waals surface area contributed by atoms with Crippen LogP contribution in [0.5, 0.6) is 0 Å². The Labute approximate surface area is 126 Å². The molecular formula is C17H26FNO2. The third kappa shape index (κ3) is 4.53. The van der Waals surface area contributed by atoms with Crippen molar-refractivity contribution in [3.05, 3.63) is 34.6 Å². The van der Waals surface area contributed by atoms with E-state index < -0.39 is 0 Å². The van der Waals surface area contributed by atoms with Gasteiger partial charge in [-0.25, -0.2) is 4.39 Å². The van der Waals surface area contributed by atoms with Gasteiger partial charge in [0.15, 0.2) is 0 Å². The minimum Gasteiger partial charge on any atom is -0.466 e. The summed E-state index contributed by atoms with van der Waals surface area (Å²) in [6.45, 7) is 9.44. The fourth-order valence-electron chi connectivity index (χ4n) is 2.44. The predicted octanol–water partition coefficient (Wildman–Crippen LogP) is 3.24. The molecule has 3 nitrogen and oxygen atoms in total. The second-order valence-corrected chi connectivity index (χ2v) is 4.96. The number of benzene rings is 1. The Morgan fingerprint density at radius 3 is 2.81 bits per heavy atom. The summed E-state index contributed by atoms with van der Waals surface area (Å²) in [7, 11) is 0. The van der Waals surface area contributed by atoms with Crippen molar-refractivity contribution in [1.29, 1.82) is 0 Å². The molecule has 1 unspecified atom stereocenters. The van der Waals surface area contributed by atoms with Crippen molar-refractivity contribution in [3.63, 3.8) is 0 Å². The van der Waals surface area contributed by atoms with Crippen molar-refractivity contribution in [2.75, 3.05) is 13.2 Å². The molecule has 1 aliphatic rings. The zero-order chi connectivity index (χ0) is 15.8. The van der Waals surface area contributed by atoms with E-state index in [4.69, 9.17) is 4.74 Å². The Morgan fingerprint density at radius 2 is 2.14 bits per heavy atom. The highest BCUT2D eigenvalue weighted by atomic mass is 19.1. The summed E-state index contributed by atoms with van der Waals surface area (Å²) in [5.41, 5.74) is 2.43. The SMILES string of the molecule is CC.CCOC(=O)C(C)Cc1ccc2c(c1F)CCNC2. The number of fused-ring (bicyclic) bond motifs is 1. The number of carbonyl (C=O) groups is 1. The Bertz CT molecular complexity index is 474. The second-order valence-electron chi connectivity index (χ2n) is 4.96. The highest BCUT2D eigenvalue weighted by Crippen LogP contribution is 2.23. The number of hydrogen-bond acceptors (Lipinski definition) is 3. The van der Waals surface area contributed by atoms with Crippen molar-refractivity contribution in [2.24, 2.45) is 5.92 Å². The summed E-state index contributed by atoms with van der Waals surface area (Å²) < 4.78 is 19.3. The van der Waals surface area contributed by atoms with Crippen LogP contribution in [0.3, 0.4) is 0 Å². The van der Waals surface area contributed by atoms with E-state index in [-0.39, 0.29) is 17.7 Å². The predicted molar refractivity (Wildman–Crippen MR) is 82.7 cm³/mol. The van der Waals surface area contributed by atoms with Gasteiger partial charge in [-0.05, 0) is 43.0 Å². The van der Waals surface area contributed by atoms with E-state index in [1.165, 1.54) is 0 Å². The lowest BCUT2D eigenvalue weighted by molar-refractivity contribution is -0.147. The molecule has 0 fully saturated rings. The van der Waals surface area contributed by atoms with Gasteiger partial charge in [0.25, 0.3) is 0 Å². The Balaban J connectivity index is 0.00000106. The van der Waals surface area contributed by atoms with Gasteiger partial charge in [-0.3, -0.25) is 4.79 Å². The van der Waals surface area contributed by atoms with Crippen LogP contribution in [0, 0.1) is 11.7 Å². The van der Waals surface area contributed by atoms with Crippen LogP contribution >= 0.6 is 0 Å². The Kier molecular flexibility index (Phi) is 7.37. The molecule has 1 atom stereocenters. The van der Waals surface area contributed by atoms with E-state index >= 15 is 0 Å². The monoisotopic (exact) mass is 295 g/mol. The lowest BCUT2D eigenvalue weighted by Gasteiger charge is -2.20. The summed E-state index contributed by atoms with van der Waals surface area (Å²) >= 11 is 0. The third-order valence-electron chi connectivity index (χ3n) is 3.50. The molecule has 0 bridgehead atoms. The average molecular weight is 295 g/mol. The number of esters is 1. The summed E-state index contributed by atoms with van der Waals surface area (Å²) in [5.74, 6) is -0.717. The molecule has 0 aromatic heterocycles. The number of hydrogen-bond donors (Lipinski definition) is 1. The molecule has 0 saturated carbocycles. The molecule has 0 saturated heterocycles. The molecule has 118 valence electrons. The summed E-state index contributed by atoms with van der Waals surface area (Å²) in [5, 5.41) is 3.22. The minimum atomic E-state index is -0.311. The molecule has 0 spiro atoms. The molecular weight excluding hydrogens is 269 g/mol. The van der Waals surface area contributed by atoms with Gasteiger partial charge in [-0.2, -0.15) is 0 Å². The van der Waals surface area contributed by atoms with E-state index in [2.05, 4.69) is 5.32 Å². The van der Waals surface area contributed by atoms with Crippen LogP contribution in [0.4, 0.5) is 4.39 Å². The smallest absolute Gasteiger partial charge is 0.308 e. The molecule has 1 aromatic carbocycles. The van der Waals surface area contributed by atoms with Crippen molar-refractivity contribution < 1.29 is 13.9 Å². The van der Waals surface area contributed by atoms with Crippen molar-refractivity contribution in [1.82, 2.24) is 5.32 Å². The molecule has 21 heavy (non-hydrogen) atoms. The summed E-state index contributed by atoms with van der Waals surface area (Å²) in [6.07, 6.45) is 1.11. The number of rotatable bonds is 4. The van der Waals surface area contributed by atoms with Crippen molar-refractivity contribution in [2.45, 2.75) is 47.1 Å². The maximum Gasteiger partial charge on any atom is 0.308 e. The highest BCUT2D eigenvalue weighted by Gasteiger charge is 2.20. The molecule has 2 rings (SSSR count). The zero-order valence-corrected chi connectivity index (χ0v) is 13.5. The summed E-state index contributed by atoms with van der Waals surface area (Å²) in [4.78, 5) is 11.6.